The molecule has 0 unspecified atom stereocenters. The van der Waals surface area contributed by atoms with Gasteiger partial charge in [0.1, 0.15) is 11.0 Å². The van der Waals surface area contributed by atoms with Gasteiger partial charge in [0, 0.05) is 23.7 Å². The zero-order valence-corrected chi connectivity index (χ0v) is 18.4. The fourth-order valence-electron chi connectivity index (χ4n) is 3.06. The van der Waals surface area contributed by atoms with Crippen LogP contribution in [-0.4, -0.2) is 73.0 Å². The van der Waals surface area contributed by atoms with Crippen molar-refractivity contribution in [2.75, 3.05) is 44.5 Å². The second-order valence-corrected chi connectivity index (χ2v) is 9.50. The van der Waals surface area contributed by atoms with E-state index in [0.717, 1.165) is 9.74 Å². The van der Waals surface area contributed by atoms with Gasteiger partial charge >= 0.3 is 0 Å². The molecule has 1 saturated heterocycles. The van der Waals surface area contributed by atoms with Crippen molar-refractivity contribution in [2.24, 2.45) is 0 Å². The smallest absolute Gasteiger partial charge is 0.265 e. The van der Waals surface area contributed by atoms with Gasteiger partial charge in [0.2, 0.25) is 10.0 Å². The van der Waals surface area contributed by atoms with Crippen molar-refractivity contribution in [3.63, 3.8) is 0 Å². The van der Waals surface area contributed by atoms with Gasteiger partial charge in [-0.15, -0.1) is 16.9 Å². The minimum atomic E-state index is -3.68. The average molecular weight is 464 g/mol. The van der Waals surface area contributed by atoms with Crippen LogP contribution in [0, 0.1) is 0 Å². The van der Waals surface area contributed by atoms with Crippen molar-refractivity contribution in [3.05, 3.63) is 42.5 Å². The van der Waals surface area contributed by atoms with Crippen molar-refractivity contribution >= 4 is 44.4 Å². The predicted octanol–water partition coefficient (Wildman–Crippen LogP) is 1.24. The van der Waals surface area contributed by atoms with E-state index in [1.165, 1.54) is 16.4 Å². The third-order valence-corrected chi connectivity index (χ3v) is 7.32. The first-order valence-electron chi connectivity index (χ1n) is 9.48. The molecule has 0 bridgehead atoms. The Morgan fingerprint density at radius 1 is 1.19 bits per heavy atom. The summed E-state index contributed by atoms with van der Waals surface area (Å²) in [4.78, 5) is 19.9. The second kappa shape index (κ2) is 9.22. The van der Waals surface area contributed by atoms with E-state index in [1.54, 1.807) is 30.0 Å². The molecule has 1 aromatic heterocycles. The summed E-state index contributed by atoms with van der Waals surface area (Å²) in [7, 11) is -3.68. The Bertz CT molecular complexity index is 1170. The van der Waals surface area contributed by atoms with Gasteiger partial charge in [-0.25, -0.2) is 8.42 Å². The highest BCUT2D eigenvalue weighted by Gasteiger charge is 2.27. The molecule has 10 nitrogen and oxygen atoms in total. The van der Waals surface area contributed by atoms with Crippen molar-refractivity contribution in [2.45, 2.75) is 9.79 Å². The Morgan fingerprint density at radius 2 is 1.94 bits per heavy atom. The van der Waals surface area contributed by atoms with Crippen molar-refractivity contribution in [3.8, 4) is 0 Å². The van der Waals surface area contributed by atoms with Crippen LogP contribution in [0.1, 0.15) is 0 Å². The number of carbonyl (C=O) groups excluding carboxylic acids is 1. The highest BCUT2D eigenvalue weighted by molar-refractivity contribution is 7.98. The van der Waals surface area contributed by atoms with Crippen molar-refractivity contribution < 1.29 is 22.8 Å². The molecule has 2 heterocycles. The predicted molar refractivity (Wildman–Crippen MR) is 115 cm³/mol. The number of hydrogen-bond acceptors (Lipinski definition) is 8. The third-order valence-electron chi connectivity index (χ3n) is 4.69. The molecule has 1 amide bonds. The summed E-state index contributed by atoms with van der Waals surface area (Å²) in [6.07, 6.45) is 1.97. The Balaban J connectivity index is 1.46. The van der Waals surface area contributed by atoms with Crippen molar-refractivity contribution in [1.82, 2.24) is 19.5 Å². The van der Waals surface area contributed by atoms with Crippen LogP contribution in [0.3, 0.4) is 0 Å². The number of thioether (sulfide) groups is 1. The van der Waals surface area contributed by atoms with E-state index < -0.39 is 10.0 Å². The second-order valence-electron chi connectivity index (χ2n) is 6.68. The van der Waals surface area contributed by atoms with E-state index in [-0.39, 0.29) is 17.4 Å². The molecule has 1 aliphatic rings. The first-order chi connectivity index (χ1) is 15.0. The Hall–Kier alpha value is -2.67. The van der Waals surface area contributed by atoms with Gasteiger partial charge in [-0.3, -0.25) is 4.79 Å². The molecule has 0 spiro atoms. The number of morpholine rings is 1. The lowest BCUT2D eigenvalue weighted by Crippen LogP contribution is -2.40. The molecule has 4 rings (SSSR count). The summed E-state index contributed by atoms with van der Waals surface area (Å²) in [5.41, 5.74) is 1.45. The monoisotopic (exact) mass is 463 g/mol. The fourth-order valence-corrected chi connectivity index (χ4v) is 4.90. The third kappa shape index (κ3) is 4.82. The maximum Gasteiger partial charge on any atom is 0.265 e. The highest BCUT2D eigenvalue weighted by atomic mass is 32.2. The van der Waals surface area contributed by atoms with Crippen LogP contribution >= 0.6 is 11.8 Å². The number of benzene rings is 2. The summed E-state index contributed by atoms with van der Waals surface area (Å²) < 4.78 is 32.4. The number of carbonyl (C=O) groups is 1. The zero-order chi connectivity index (χ0) is 21.8. The molecule has 1 aliphatic heterocycles. The quantitative estimate of drug-likeness (QED) is 0.521. The molecule has 1 N–H and O–H groups in total. The SMILES string of the molecule is CSc1ccc(NC(=O)COn2nnc3ccc(S(=O)(=O)N4CCOCC4)cc32)cc1. The molecule has 0 saturated carbocycles. The van der Waals surface area contributed by atoms with Crippen LogP contribution < -0.4 is 10.2 Å². The van der Waals surface area contributed by atoms with Crippen LogP contribution in [0.15, 0.2) is 52.3 Å². The number of nitrogens with one attached hydrogen (secondary N) is 1. The highest BCUT2D eigenvalue weighted by Crippen LogP contribution is 2.21. The maximum atomic E-state index is 12.9. The largest absolute Gasteiger partial charge is 0.385 e. The van der Waals surface area contributed by atoms with Gasteiger partial charge in [0.25, 0.3) is 5.91 Å². The molecule has 3 aromatic rings. The van der Waals surface area contributed by atoms with E-state index >= 15 is 0 Å². The lowest BCUT2D eigenvalue weighted by atomic mass is 10.3. The number of anilines is 1. The summed E-state index contributed by atoms with van der Waals surface area (Å²) in [6.45, 7) is 1.00. The first kappa shape index (κ1) is 21.6. The average Bonchev–Trinajstić information content (AvgIpc) is 3.21. The van der Waals surface area contributed by atoms with E-state index in [1.807, 2.05) is 18.4 Å². The normalized spacial score (nSPS) is 15.1. The van der Waals surface area contributed by atoms with E-state index in [4.69, 9.17) is 9.57 Å². The first-order valence-corrected chi connectivity index (χ1v) is 12.1. The lowest BCUT2D eigenvalue weighted by Gasteiger charge is -2.26. The molecule has 31 heavy (non-hydrogen) atoms. The number of sulfonamides is 1. The topological polar surface area (TPSA) is 116 Å². The zero-order valence-electron chi connectivity index (χ0n) is 16.7. The number of amides is 1. The Labute approximate surface area is 183 Å². The standard InChI is InChI=1S/C19H21N5O5S2/c1-30-15-4-2-14(3-5-15)20-19(25)13-29-24-18-12-16(6-7-17(18)21-22-24)31(26,27)23-8-10-28-11-9-23/h2-7,12H,8-11,13H2,1H3,(H,20,25). The summed E-state index contributed by atoms with van der Waals surface area (Å²) >= 11 is 1.61. The molecular formula is C19H21N5O5S2. The fraction of sp³-hybridized carbons (Fsp3) is 0.316. The van der Waals surface area contributed by atoms with E-state index in [2.05, 4.69) is 15.6 Å². The van der Waals surface area contributed by atoms with Crippen LogP contribution in [0.25, 0.3) is 11.0 Å². The van der Waals surface area contributed by atoms with Gasteiger partial charge in [0.15, 0.2) is 6.61 Å². The van der Waals surface area contributed by atoms with Gasteiger partial charge < -0.3 is 14.9 Å². The van der Waals surface area contributed by atoms with Gasteiger partial charge in [-0.2, -0.15) is 4.31 Å². The molecular weight excluding hydrogens is 442 g/mol. The number of hydrogen-bond donors (Lipinski definition) is 1. The molecule has 12 heteroatoms. The van der Waals surface area contributed by atoms with Crippen LogP contribution in [0.5, 0.6) is 0 Å². The summed E-state index contributed by atoms with van der Waals surface area (Å²) in [5.74, 6) is -0.377. The number of ether oxygens (including phenoxy) is 1. The molecule has 1 fully saturated rings. The lowest BCUT2D eigenvalue weighted by molar-refractivity contribution is -0.121. The minimum Gasteiger partial charge on any atom is -0.385 e. The molecule has 2 aromatic carbocycles. The number of fused-ring (bicyclic) bond motifs is 1. The van der Waals surface area contributed by atoms with E-state index in [0.29, 0.717) is 43.0 Å². The van der Waals surface area contributed by atoms with Crippen LogP contribution in [0.2, 0.25) is 0 Å². The maximum absolute atomic E-state index is 12.9. The Morgan fingerprint density at radius 3 is 2.65 bits per heavy atom. The molecule has 0 aliphatic carbocycles. The van der Waals surface area contributed by atoms with Gasteiger partial charge in [0.05, 0.1) is 18.1 Å². The Kier molecular flexibility index (Phi) is 6.41. The van der Waals surface area contributed by atoms with Gasteiger partial charge in [-0.05, 0) is 53.9 Å². The number of rotatable bonds is 7. The van der Waals surface area contributed by atoms with Crippen LogP contribution in [0.4, 0.5) is 5.69 Å². The summed E-state index contributed by atoms with van der Waals surface area (Å²) in [6, 6.07) is 11.9. The molecule has 164 valence electrons. The van der Waals surface area contributed by atoms with Gasteiger partial charge in [-0.1, -0.05) is 4.85 Å². The molecule has 0 radical (unpaired) electrons. The molecule has 0 atom stereocenters. The van der Waals surface area contributed by atoms with Crippen LogP contribution in [-0.2, 0) is 19.6 Å². The number of nitrogens with zero attached hydrogens (tertiary/aromatic N) is 4. The summed E-state index contributed by atoms with van der Waals surface area (Å²) in [5, 5.41) is 10.6. The number of aromatic nitrogens is 3. The minimum absolute atomic E-state index is 0.104. The van der Waals surface area contributed by atoms with E-state index in [9.17, 15) is 13.2 Å². The van der Waals surface area contributed by atoms with Crippen molar-refractivity contribution in [1.29, 1.82) is 0 Å².